The quantitative estimate of drug-likeness (QED) is 0.889. The first kappa shape index (κ1) is 12.0. The van der Waals surface area contributed by atoms with Crippen LogP contribution in [-0.4, -0.2) is 7.11 Å². The van der Waals surface area contributed by atoms with Crippen LogP contribution in [0.3, 0.4) is 0 Å². The highest BCUT2D eigenvalue weighted by atomic mass is 16.5. The van der Waals surface area contributed by atoms with Crippen LogP contribution >= 0.6 is 0 Å². The lowest BCUT2D eigenvalue weighted by molar-refractivity contribution is 0.414. The van der Waals surface area contributed by atoms with Crippen LogP contribution in [0.25, 0.3) is 0 Å². The number of anilines is 1. The van der Waals surface area contributed by atoms with E-state index in [-0.39, 0.29) is 0 Å². The molecule has 3 nitrogen and oxygen atoms in total. The molecule has 1 N–H and O–H groups in total. The van der Waals surface area contributed by atoms with Crippen LogP contribution in [0.4, 0.5) is 5.69 Å². The highest BCUT2D eigenvalue weighted by Gasteiger charge is 1.97. The van der Waals surface area contributed by atoms with Gasteiger partial charge in [-0.3, -0.25) is 0 Å². The number of methoxy groups -OCH3 is 1. The Bertz CT molecular complexity index is 573. The molecule has 0 aromatic heterocycles. The summed E-state index contributed by atoms with van der Waals surface area (Å²) in [5.41, 5.74) is 2.74. The van der Waals surface area contributed by atoms with Gasteiger partial charge >= 0.3 is 0 Å². The highest BCUT2D eigenvalue weighted by molar-refractivity contribution is 5.49. The highest BCUT2D eigenvalue weighted by Crippen LogP contribution is 2.15. The Labute approximate surface area is 107 Å². The van der Waals surface area contributed by atoms with Gasteiger partial charge in [0, 0.05) is 12.2 Å². The predicted octanol–water partition coefficient (Wildman–Crippen LogP) is 3.18. The van der Waals surface area contributed by atoms with Crippen molar-refractivity contribution in [3.05, 3.63) is 59.7 Å². The second-order valence-corrected chi connectivity index (χ2v) is 3.90. The molecular weight excluding hydrogens is 224 g/mol. The number of hydrogen-bond donors (Lipinski definition) is 1. The van der Waals surface area contributed by atoms with E-state index < -0.39 is 0 Å². The lowest BCUT2D eigenvalue weighted by atomic mass is 10.2. The summed E-state index contributed by atoms with van der Waals surface area (Å²) in [6.45, 7) is 0.700. The molecular formula is C15H14N2O. The molecule has 0 aliphatic carbocycles. The fraction of sp³-hybridized carbons (Fsp3) is 0.133. The summed E-state index contributed by atoms with van der Waals surface area (Å²) in [6, 6.07) is 17.5. The van der Waals surface area contributed by atoms with Gasteiger partial charge in [-0.2, -0.15) is 5.26 Å². The summed E-state index contributed by atoms with van der Waals surface area (Å²) in [7, 11) is 1.66. The summed E-state index contributed by atoms with van der Waals surface area (Å²) >= 11 is 0. The molecule has 3 heteroatoms. The Morgan fingerprint density at radius 3 is 2.78 bits per heavy atom. The molecule has 0 bridgehead atoms. The third-order valence-corrected chi connectivity index (χ3v) is 2.62. The number of nitrogens with zero attached hydrogens (tertiary/aromatic N) is 1. The molecule has 0 spiro atoms. The van der Waals surface area contributed by atoms with Crippen LogP contribution in [-0.2, 0) is 6.54 Å². The zero-order valence-corrected chi connectivity index (χ0v) is 10.2. The van der Waals surface area contributed by atoms with E-state index in [2.05, 4.69) is 11.4 Å². The molecule has 0 aliphatic rings. The maximum atomic E-state index is 8.82. The Morgan fingerprint density at radius 1 is 1.17 bits per heavy atom. The maximum Gasteiger partial charge on any atom is 0.119 e. The predicted molar refractivity (Wildman–Crippen MR) is 71.5 cm³/mol. The van der Waals surface area contributed by atoms with Crippen molar-refractivity contribution in [2.75, 3.05) is 12.4 Å². The lowest BCUT2D eigenvalue weighted by Crippen LogP contribution is -1.99. The molecule has 18 heavy (non-hydrogen) atoms. The van der Waals surface area contributed by atoms with E-state index >= 15 is 0 Å². The fourth-order valence-electron chi connectivity index (χ4n) is 1.69. The number of nitrogens with one attached hydrogen (secondary N) is 1. The average molecular weight is 238 g/mol. The average Bonchev–Trinajstić information content (AvgIpc) is 2.45. The van der Waals surface area contributed by atoms with Crippen LogP contribution in [0, 0.1) is 11.3 Å². The SMILES string of the molecule is COc1cccc(CNc2cccc(C#N)c2)c1. The van der Waals surface area contributed by atoms with Crippen molar-refractivity contribution in [2.24, 2.45) is 0 Å². The molecule has 2 aromatic rings. The molecule has 2 rings (SSSR count). The topological polar surface area (TPSA) is 45.0 Å². The third-order valence-electron chi connectivity index (χ3n) is 2.62. The Hall–Kier alpha value is -2.47. The number of hydrogen-bond acceptors (Lipinski definition) is 3. The first-order chi connectivity index (χ1) is 8.81. The molecule has 0 saturated heterocycles. The van der Waals surface area contributed by atoms with Crippen molar-refractivity contribution < 1.29 is 4.74 Å². The van der Waals surface area contributed by atoms with Crippen molar-refractivity contribution in [2.45, 2.75) is 6.54 Å². The fourth-order valence-corrected chi connectivity index (χ4v) is 1.69. The largest absolute Gasteiger partial charge is 0.497 e. The molecule has 0 radical (unpaired) electrons. The molecule has 0 fully saturated rings. The molecule has 2 aromatic carbocycles. The minimum atomic E-state index is 0.658. The summed E-state index contributed by atoms with van der Waals surface area (Å²) in [6.07, 6.45) is 0. The van der Waals surface area contributed by atoms with Crippen LogP contribution in [0.15, 0.2) is 48.5 Å². The monoisotopic (exact) mass is 238 g/mol. The zero-order chi connectivity index (χ0) is 12.8. The van der Waals surface area contributed by atoms with Gasteiger partial charge in [0.25, 0.3) is 0 Å². The Morgan fingerprint density at radius 2 is 2.00 bits per heavy atom. The first-order valence-electron chi connectivity index (χ1n) is 5.69. The van der Waals surface area contributed by atoms with Crippen molar-refractivity contribution in [3.63, 3.8) is 0 Å². The van der Waals surface area contributed by atoms with Crippen molar-refractivity contribution in [1.82, 2.24) is 0 Å². The third kappa shape index (κ3) is 3.02. The van der Waals surface area contributed by atoms with Crippen LogP contribution in [0.1, 0.15) is 11.1 Å². The summed E-state index contributed by atoms with van der Waals surface area (Å²) in [5.74, 6) is 0.847. The van der Waals surface area contributed by atoms with E-state index in [0.29, 0.717) is 12.1 Å². The number of benzene rings is 2. The first-order valence-corrected chi connectivity index (χ1v) is 5.69. The number of nitriles is 1. The van der Waals surface area contributed by atoms with E-state index in [1.165, 1.54) is 0 Å². The van der Waals surface area contributed by atoms with Gasteiger partial charge in [-0.25, -0.2) is 0 Å². The Kier molecular flexibility index (Phi) is 3.83. The smallest absolute Gasteiger partial charge is 0.119 e. The van der Waals surface area contributed by atoms with Gasteiger partial charge in [0.2, 0.25) is 0 Å². The minimum absolute atomic E-state index is 0.658. The second kappa shape index (κ2) is 5.74. The van der Waals surface area contributed by atoms with Crippen LogP contribution in [0.2, 0.25) is 0 Å². The molecule has 0 saturated carbocycles. The number of rotatable bonds is 4. The lowest BCUT2D eigenvalue weighted by Gasteiger charge is -2.08. The maximum absolute atomic E-state index is 8.82. The standard InChI is InChI=1S/C15H14N2O/c1-18-15-7-3-5-13(9-15)11-17-14-6-2-4-12(8-14)10-16/h2-9,17H,11H2,1H3. The van der Waals surface area contributed by atoms with E-state index in [9.17, 15) is 0 Å². The van der Waals surface area contributed by atoms with E-state index in [1.54, 1.807) is 13.2 Å². The van der Waals surface area contributed by atoms with Gasteiger partial charge in [0.1, 0.15) is 5.75 Å². The van der Waals surface area contributed by atoms with Crippen LogP contribution < -0.4 is 10.1 Å². The van der Waals surface area contributed by atoms with Gasteiger partial charge in [-0.1, -0.05) is 18.2 Å². The molecule has 0 aliphatic heterocycles. The minimum Gasteiger partial charge on any atom is -0.497 e. The molecule has 0 atom stereocenters. The summed E-state index contributed by atoms with van der Waals surface area (Å²) in [5, 5.41) is 12.1. The normalized spacial score (nSPS) is 9.56. The van der Waals surface area contributed by atoms with Gasteiger partial charge < -0.3 is 10.1 Å². The Balaban J connectivity index is 2.04. The van der Waals surface area contributed by atoms with Crippen LogP contribution in [0.5, 0.6) is 5.75 Å². The van der Waals surface area contributed by atoms with E-state index in [1.807, 2.05) is 42.5 Å². The van der Waals surface area contributed by atoms with Crippen molar-refractivity contribution in [3.8, 4) is 11.8 Å². The van der Waals surface area contributed by atoms with Gasteiger partial charge in [-0.05, 0) is 35.9 Å². The molecule has 0 amide bonds. The summed E-state index contributed by atoms with van der Waals surface area (Å²) < 4.78 is 5.17. The van der Waals surface area contributed by atoms with Crippen molar-refractivity contribution in [1.29, 1.82) is 5.26 Å². The molecule has 0 unspecified atom stereocenters. The second-order valence-electron chi connectivity index (χ2n) is 3.90. The van der Waals surface area contributed by atoms with E-state index in [4.69, 9.17) is 10.00 Å². The van der Waals surface area contributed by atoms with Gasteiger partial charge in [0.15, 0.2) is 0 Å². The van der Waals surface area contributed by atoms with Gasteiger partial charge in [-0.15, -0.1) is 0 Å². The van der Waals surface area contributed by atoms with Crippen molar-refractivity contribution >= 4 is 5.69 Å². The molecule has 0 heterocycles. The zero-order valence-electron chi connectivity index (χ0n) is 10.2. The number of ether oxygens (including phenoxy) is 1. The van der Waals surface area contributed by atoms with Gasteiger partial charge in [0.05, 0.1) is 18.7 Å². The van der Waals surface area contributed by atoms with E-state index in [0.717, 1.165) is 17.0 Å². The summed E-state index contributed by atoms with van der Waals surface area (Å²) in [4.78, 5) is 0. The molecule has 90 valence electrons.